The first-order valence-electron chi connectivity index (χ1n) is 9.24. The number of aryl methyl sites for hydroxylation is 1. The van der Waals surface area contributed by atoms with Crippen molar-refractivity contribution >= 4 is 50.7 Å². The molecule has 0 bridgehead atoms. The first-order chi connectivity index (χ1) is 14.5. The Morgan fingerprint density at radius 3 is 2.47 bits per heavy atom. The number of carbonyl (C=O) groups is 2. The number of fused-ring (bicyclic) bond motifs is 1. The zero-order chi connectivity index (χ0) is 21.1. The molecule has 0 unspecified atom stereocenters. The molecule has 2 heterocycles. The van der Waals surface area contributed by atoms with Crippen molar-refractivity contribution < 1.29 is 9.59 Å². The van der Waals surface area contributed by atoms with Gasteiger partial charge in [0.25, 0.3) is 0 Å². The molecule has 0 aliphatic heterocycles. The van der Waals surface area contributed by atoms with Crippen LogP contribution in [0.15, 0.2) is 59.6 Å². The molecule has 2 aromatic heterocycles. The number of anilines is 1. The standard InChI is InChI=1S/C22H18N4O2S2/c1-13(27)15-8-10-17(11-9-15)24-18(28)12-29-22-20-21(30-14(2)23-20)19(25-26-22)16-6-4-3-5-7-16/h3-11H,12H2,1-2H3,(H,24,28). The van der Waals surface area contributed by atoms with Crippen LogP contribution in [0.25, 0.3) is 21.5 Å². The highest BCUT2D eigenvalue weighted by molar-refractivity contribution is 8.00. The Morgan fingerprint density at radius 2 is 1.77 bits per heavy atom. The maximum Gasteiger partial charge on any atom is 0.234 e. The molecule has 150 valence electrons. The number of carbonyl (C=O) groups excluding carboxylic acids is 2. The first kappa shape index (κ1) is 20.2. The van der Waals surface area contributed by atoms with Crippen LogP contribution in [0.2, 0.25) is 0 Å². The van der Waals surface area contributed by atoms with Gasteiger partial charge in [0.15, 0.2) is 5.78 Å². The molecule has 2 aromatic carbocycles. The van der Waals surface area contributed by atoms with E-state index < -0.39 is 0 Å². The van der Waals surface area contributed by atoms with Crippen LogP contribution in [-0.2, 0) is 4.79 Å². The number of aromatic nitrogens is 3. The second kappa shape index (κ2) is 8.73. The summed E-state index contributed by atoms with van der Waals surface area (Å²) < 4.78 is 0.969. The molecule has 0 saturated heterocycles. The van der Waals surface area contributed by atoms with Gasteiger partial charge in [-0.1, -0.05) is 42.1 Å². The third kappa shape index (κ3) is 4.39. The van der Waals surface area contributed by atoms with Crippen LogP contribution in [0.1, 0.15) is 22.3 Å². The van der Waals surface area contributed by atoms with Crippen molar-refractivity contribution in [1.82, 2.24) is 15.2 Å². The lowest BCUT2D eigenvalue weighted by atomic mass is 10.1. The molecule has 4 aromatic rings. The topological polar surface area (TPSA) is 84.8 Å². The summed E-state index contributed by atoms with van der Waals surface area (Å²) in [7, 11) is 0. The summed E-state index contributed by atoms with van der Waals surface area (Å²) in [6.07, 6.45) is 0. The lowest BCUT2D eigenvalue weighted by molar-refractivity contribution is -0.113. The van der Waals surface area contributed by atoms with E-state index in [1.165, 1.54) is 18.7 Å². The zero-order valence-corrected chi connectivity index (χ0v) is 18.0. The minimum absolute atomic E-state index is 0.0106. The van der Waals surface area contributed by atoms with Gasteiger partial charge >= 0.3 is 0 Å². The zero-order valence-electron chi connectivity index (χ0n) is 16.4. The van der Waals surface area contributed by atoms with E-state index in [4.69, 9.17) is 0 Å². The third-order valence-electron chi connectivity index (χ3n) is 4.35. The Bertz CT molecular complexity index is 1220. The second-order valence-corrected chi connectivity index (χ2v) is 8.77. The van der Waals surface area contributed by atoms with Crippen molar-refractivity contribution in [3.8, 4) is 11.3 Å². The summed E-state index contributed by atoms with van der Waals surface area (Å²) in [6.45, 7) is 3.46. The van der Waals surface area contributed by atoms with Crippen LogP contribution in [0.4, 0.5) is 5.69 Å². The SMILES string of the molecule is CC(=O)c1ccc(NC(=O)CSc2nnc(-c3ccccc3)c3sc(C)nc23)cc1. The molecule has 1 N–H and O–H groups in total. The normalized spacial score (nSPS) is 10.9. The minimum Gasteiger partial charge on any atom is -0.325 e. The van der Waals surface area contributed by atoms with Crippen LogP contribution < -0.4 is 5.32 Å². The molecule has 8 heteroatoms. The van der Waals surface area contributed by atoms with Gasteiger partial charge in [-0.2, -0.15) is 0 Å². The number of nitrogens with one attached hydrogen (secondary N) is 1. The van der Waals surface area contributed by atoms with Crippen LogP contribution in [0.5, 0.6) is 0 Å². The maximum absolute atomic E-state index is 12.4. The Balaban J connectivity index is 1.50. The van der Waals surface area contributed by atoms with Crippen LogP contribution in [-0.4, -0.2) is 32.6 Å². The number of thioether (sulfide) groups is 1. The van der Waals surface area contributed by atoms with Gasteiger partial charge in [0, 0.05) is 16.8 Å². The predicted octanol–water partition coefficient (Wildman–Crippen LogP) is 5.00. The number of amides is 1. The van der Waals surface area contributed by atoms with Crippen molar-refractivity contribution in [3.05, 3.63) is 65.2 Å². The third-order valence-corrected chi connectivity index (χ3v) is 6.29. The molecule has 0 aliphatic carbocycles. The highest BCUT2D eigenvalue weighted by Crippen LogP contribution is 2.35. The molecule has 0 fully saturated rings. The summed E-state index contributed by atoms with van der Waals surface area (Å²) in [5.41, 5.74) is 3.82. The van der Waals surface area contributed by atoms with E-state index in [9.17, 15) is 9.59 Å². The monoisotopic (exact) mass is 434 g/mol. The average Bonchev–Trinajstić information content (AvgIpc) is 3.14. The highest BCUT2D eigenvalue weighted by atomic mass is 32.2. The van der Waals surface area contributed by atoms with Crippen molar-refractivity contribution in [2.45, 2.75) is 18.9 Å². The van der Waals surface area contributed by atoms with Crippen molar-refractivity contribution in [2.75, 3.05) is 11.1 Å². The van der Waals surface area contributed by atoms with Gasteiger partial charge in [0.05, 0.1) is 15.5 Å². The average molecular weight is 435 g/mol. The van der Waals surface area contributed by atoms with Crippen molar-refractivity contribution in [2.24, 2.45) is 0 Å². The fraction of sp³-hybridized carbons (Fsp3) is 0.136. The number of hydrogen-bond donors (Lipinski definition) is 1. The molecule has 0 radical (unpaired) electrons. The number of nitrogens with zero attached hydrogens (tertiary/aromatic N) is 3. The van der Waals surface area contributed by atoms with E-state index in [-0.39, 0.29) is 17.4 Å². The van der Waals surface area contributed by atoms with Gasteiger partial charge < -0.3 is 5.32 Å². The summed E-state index contributed by atoms with van der Waals surface area (Å²) in [5.74, 6) is 0.00704. The number of thiazole rings is 1. The van der Waals surface area contributed by atoms with Gasteiger partial charge in [0.2, 0.25) is 5.91 Å². The van der Waals surface area contributed by atoms with E-state index >= 15 is 0 Å². The first-order valence-corrected chi connectivity index (χ1v) is 11.0. The van der Waals surface area contributed by atoms with Crippen LogP contribution in [0, 0.1) is 6.92 Å². The smallest absolute Gasteiger partial charge is 0.234 e. The number of benzene rings is 2. The molecule has 1 amide bonds. The number of hydrogen-bond acceptors (Lipinski definition) is 7. The van der Waals surface area contributed by atoms with Crippen molar-refractivity contribution in [1.29, 1.82) is 0 Å². The van der Waals surface area contributed by atoms with E-state index in [1.807, 2.05) is 37.3 Å². The summed E-state index contributed by atoms with van der Waals surface area (Å²) in [5, 5.41) is 13.2. The van der Waals surface area contributed by atoms with Gasteiger partial charge in [-0.3, -0.25) is 9.59 Å². The summed E-state index contributed by atoms with van der Waals surface area (Å²) in [4.78, 5) is 28.3. The Hall–Kier alpha value is -3.10. The summed E-state index contributed by atoms with van der Waals surface area (Å²) in [6, 6.07) is 16.7. The van der Waals surface area contributed by atoms with Gasteiger partial charge in [-0.15, -0.1) is 21.5 Å². The van der Waals surface area contributed by atoms with E-state index in [0.717, 1.165) is 26.5 Å². The molecule has 30 heavy (non-hydrogen) atoms. The minimum atomic E-state index is -0.162. The molecule has 0 saturated carbocycles. The molecule has 0 aliphatic rings. The van der Waals surface area contributed by atoms with Gasteiger partial charge in [0.1, 0.15) is 16.2 Å². The van der Waals surface area contributed by atoms with Gasteiger partial charge in [-0.25, -0.2) is 4.98 Å². The number of Topliss-reactive ketones (excluding diaryl/α,β-unsaturated/α-hetero) is 1. The molecular formula is C22H18N4O2S2. The maximum atomic E-state index is 12.4. The second-order valence-electron chi connectivity index (χ2n) is 6.60. The largest absolute Gasteiger partial charge is 0.325 e. The lowest BCUT2D eigenvalue weighted by Crippen LogP contribution is -2.14. The van der Waals surface area contributed by atoms with E-state index in [2.05, 4.69) is 20.5 Å². The van der Waals surface area contributed by atoms with E-state index in [1.54, 1.807) is 35.6 Å². The summed E-state index contributed by atoms with van der Waals surface area (Å²) >= 11 is 2.88. The fourth-order valence-electron chi connectivity index (χ4n) is 2.92. The molecular weight excluding hydrogens is 416 g/mol. The molecule has 0 spiro atoms. The quantitative estimate of drug-likeness (QED) is 0.340. The van der Waals surface area contributed by atoms with Crippen molar-refractivity contribution in [3.63, 3.8) is 0 Å². The van der Waals surface area contributed by atoms with Crippen LogP contribution in [0.3, 0.4) is 0 Å². The number of ketones is 1. The lowest BCUT2D eigenvalue weighted by Gasteiger charge is -2.07. The highest BCUT2D eigenvalue weighted by Gasteiger charge is 2.16. The van der Waals surface area contributed by atoms with Crippen LogP contribution >= 0.6 is 23.1 Å². The van der Waals surface area contributed by atoms with Gasteiger partial charge in [-0.05, 0) is 38.1 Å². The Labute approximate surface area is 181 Å². The predicted molar refractivity (Wildman–Crippen MR) is 121 cm³/mol. The Morgan fingerprint density at radius 1 is 1.03 bits per heavy atom. The molecule has 0 atom stereocenters. The number of rotatable bonds is 6. The molecule has 4 rings (SSSR count). The van der Waals surface area contributed by atoms with E-state index in [0.29, 0.717) is 16.3 Å². The molecule has 6 nitrogen and oxygen atoms in total. The Kier molecular flexibility index (Phi) is 5.87. The fourth-order valence-corrected chi connectivity index (χ4v) is 4.64.